The molecule has 108 valence electrons. The second-order valence-corrected chi connectivity index (χ2v) is 4.15. The van der Waals surface area contributed by atoms with Crippen LogP contribution >= 0.6 is 0 Å². The number of carboxylic acid groups (broad SMARTS) is 1. The average molecular weight is 288 g/mol. The van der Waals surface area contributed by atoms with Crippen LogP contribution in [0.25, 0.3) is 11.0 Å². The minimum Gasteiger partial charge on any atom is -0.478 e. The molecule has 9 heteroatoms. The van der Waals surface area contributed by atoms with Crippen LogP contribution in [-0.4, -0.2) is 38.6 Å². The second kappa shape index (κ2) is 4.99. The maximum absolute atomic E-state index is 12.2. The Kier molecular flexibility index (Phi) is 3.51. The number of nitrogens with one attached hydrogen (secondary N) is 1. The van der Waals surface area contributed by atoms with E-state index in [1.807, 2.05) is 0 Å². The number of anilines is 1. The van der Waals surface area contributed by atoms with Crippen molar-refractivity contribution in [2.45, 2.75) is 12.6 Å². The number of rotatable bonds is 4. The minimum absolute atomic E-state index is 0.0971. The third-order valence-electron chi connectivity index (χ3n) is 2.70. The number of nitrogens with zero attached hydrogens (tertiary/aromatic N) is 3. The lowest BCUT2D eigenvalue weighted by Crippen LogP contribution is -2.16. The van der Waals surface area contributed by atoms with Crippen LogP contribution in [0.4, 0.5) is 18.9 Å². The van der Waals surface area contributed by atoms with Gasteiger partial charge >= 0.3 is 12.1 Å². The summed E-state index contributed by atoms with van der Waals surface area (Å²) in [6, 6.07) is 0. The molecule has 0 aliphatic carbocycles. The van der Waals surface area contributed by atoms with Crippen molar-refractivity contribution in [3.63, 3.8) is 0 Å². The monoisotopic (exact) mass is 288 g/mol. The molecule has 0 spiro atoms. The van der Waals surface area contributed by atoms with Crippen molar-refractivity contribution in [1.82, 2.24) is 14.8 Å². The van der Waals surface area contributed by atoms with Gasteiger partial charge in [0.05, 0.1) is 23.7 Å². The lowest BCUT2D eigenvalue weighted by Gasteiger charge is -2.12. The molecule has 2 rings (SSSR count). The van der Waals surface area contributed by atoms with E-state index in [1.165, 1.54) is 10.9 Å². The molecule has 0 bridgehead atoms. The molecule has 0 saturated heterocycles. The van der Waals surface area contributed by atoms with Gasteiger partial charge in [0.25, 0.3) is 0 Å². The maximum atomic E-state index is 12.2. The minimum atomic E-state index is -4.31. The van der Waals surface area contributed by atoms with Crippen LogP contribution in [0.15, 0.2) is 12.4 Å². The SMILES string of the molecule is Cn1ncc2c(NCCC(F)(F)F)c(C(=O)O)cnc21. The first-order valence-electron chi connectivity index (χ1n) is 5.64. The van der Waals surface area contributed by atoms with Crippen LogP contribution in [0.1, 0.15) is 16.8 Å². The quantitative estimate of drug-likeness (QED) is 0.899. The van der Waals surface area contributed by atoms with Crippen LogP contribution < -0.4 is 5.32 Å². The highest BCUT2D eigenvalue weighted by atomic mass is 19.4. The number of aromatic nitrogens is 3. The Morgan fingerprint density at radius 2 is 2.15 bits per heavy atom. The van der Waals surface area contributed by atoms with Gasteiger partial charge in [0, 0.05) is 19.8 Å². The first kappa shape index (κ1) is 14.1. The zero-order valence-electron chi connectivity index (χ0n) is 10.4. The molecule has 0 radical (unpaired) electrons. The van der Waals surface area contributed by atoms with E-state index < -0.39 is 25.1 Å². The summed E-state index contributed by atoms with van der Waals surface area (Å²) in [4.78, 5) is 15.0. The van der Waals surface area contributed by atoms with Gasteiger partial charge < -0.3 is 10.4 Å². The largest absolute Gasteiger partial charge is 0.478 e. The van der Waals surface area contributed by atoms with Gasteiger partial charge in [-0.1, -0.05) is 0 Å². The summed E-state index contributed by atoms with van der Waals surface area (Å²) in [5.41, 5.74) is 0.303. The molecule has 6 nitrogen and oxygen atoms in total. The van der Waals surface area contributed by atoms with Gasteiger partial charge in [-0.2, -0.15) is 18.3 Å². The maximum Gasteiger partial charge on any atom is 0.390 e. The Morgan fingerprint density at radius 1 is 1.45 bits per heavy atom. The number of hydrogen-bond donors (Lipinski definition) is 2. The predicted octanol–water partition coefficient (Wildman–Crippen LogP) is 2.03. The van der Waals surface area contributed by atoms with Crippen molar-refractivity contribution in [2.24, 2.45) is 7.05 Å². The Morgan fingerprint density at radius 3 is 2.75 bits per heavy atom. The highest BCUT2D eigenvalue weighted by molar-refractivity contribution is 6.03. The van der Waals surface area contributed by atoms with Crippen molar-refractivity contribution >= 4 is 22.7 Å². The molecular weight excluding hydrogens is 277 g/mol. The van der Waals surface area contributed by atoms with Crippen molar-refractivity contribution in [1.29, 1.82) is 0 Å². The van der Waals surface area contributed by atoms with Gasteiger partial charge in [-0.25, -0.2) is 9.78 Å². The summed E-state index contributed by atoms with van der Waals surface area (Å²) >= 11 is 0. The number of carboxylic acids is 1. The van der Waals surface area contributed by atoms with Gasteiger partial charge in [-0.05, 0) is 0 Å². The molecule has 0 saturated carbocycles. The van der Waals surface area contributed by atoms with Crippen LogP contribution in [-0.2, 0) is 7.05 Å². The number of aryl methyl sites for hydroxylation is 1. The van der Waals surface area contributed by atoms with Crippen molar-refractivity contribution in [3.8, 4) is 0 Å². The number of carbonyl (C=O) groups is 1. The van der Waals surface area contributed by atoms with Crippen LogP contribution in [0.2, 0.25) is 0 Å². The predicted molar refractivity (Wildman–Crippen MR) is 64.6 cm³/mol. The molecular formula is C11H11F3N4O2. The highest BCUT2D eigenvalue weighted by Crippen LogP contribution is 2.26. The fourth-order valence-corrected chi connectivity index (χ4v) is 1.78. The van der Waals surface area contributed by atoms with Gasteiger partial charge in [0.2, 0.25) is 0 Å². The van der Waals surface area contributed by atoms with Crippen molar-refractivity contribution < 1.29 is 23.1 Å². The average Bonchev–Trinajstić information content (AvgIpc) is 2.70. The molecule has 2 aromatic heterocycles. The van der Waals surface area contributed by atoms with E-state index in [0.717, 1.165) is 6.20 Å². The summed E-state index contributed by atoms with van der Waals surface area (Å²) < 4.78 is 37.9. The molecule has 2 heterocycles. The molecule has 0 aliphatic rings. The van der Waals surface area contributed by atoms with E-state index in [2.05, 4.69) is 15.4 Å². The van der Waals surface area contributed by atoms with E-state index in [9.17, 15) is 18.0 Å². The third kappa shape index (κ3) is 2.81. The van der Waals surface area contributed by atoms with Crippen LogP contribution in [0, 0.1) is 0 Å². The zero-order chi connectivity index (χ0) is 14.9. The molecule has 0 unspecified atom stereocenters. The normalized spacial score (nSPS) is 11.8. The topological polar surface area (TPSA) is 80.0 Å². The summed E-state index contributed by atoms with van der Waals surface area (Å²) in [6.07, 6.45) is -2.90. The number of hydrogen-bond acceptors (Lipinski definition) is 4. The smallest absolute Gasteiger partial charge is 0.390 e. The third-order valence-corrected chi connectivity index (χ3v) is 2.70. The molecule has 2 N–H and O–H groups in total. The lowest BCUT2D eigenvalue weighted by atomic mass is 10.2. The zero-order valence-corrected chi connectivity index (χ0v) is 10.4. The van der Waals surface area contributed by atoms with Gasteiger partial charge in [0.1, 0.15) is 5.56 Å². The Bertz CT molecular complexity index is 651. The first-order valence-corrected chi connectivity index (χ1v) is 5.64. The summed E-state index contributed by atoms with van der Waals surface area (Å²) in [5, 5.41) is 15.9. The molecule has 0 fully saturated rings. The lowest BCUT2D eigenvalue weighted by molar-refractivity contribution is -0.131. The van der Waals surface area contributed by atoms with E-state index in [4.69, 9.17) is 5.11 Å². The standard InChI is InChI=1S/C11H11F3N4O2/c1-18-9-6(5-17-18)8(7(4-16-9)10(19)20)15-3-2-11(12,13)14/h4-5H,2-3H2,1H3,(H,15,16)(H,19,20). The highest BCUT2D eigenvalue weighted by Gasteiger charge is 2.27. The van der Waals surface area contributed by atoms with Crippen LogP contribution in [0.5, 0.6) is 0 Å². The second-order valence-electron chi connectivity index (χ2n) is 4.15. The number of alkyl halides is 3. The fraction of sp³-hybridized carbons (Fsp3) is 0.364. The van der Waals surface area contributed by atoms with E-state index in [1.54, 1.807) is 7.05 Å². The number of fused-ring (bicyclic) bond motifs is 1. The molecule has 0 amide bonds. The fourth-order valence-electron chi connectivity index (χ4n) is 1.78. The molecule has 0 aliphatic heterocycles. The van der Waals surface area contributed by atoms with E-state index in [-0.39, 0.29) is 11.3 Å². The summed E-state index contributed by atoms with van der Waals surface area (Å²) in [5.74, 6) is -1.27. The van der Waals surface area contributed by atoms with E-state index >= 15 is 0 Å². The number of pyridine rings is 1. The first-order chi connectivity index (χ1) is 9.29. The van der Waals surface area contributed by atoms with Gasteiger partial charge in [-0.15, -0.1) is 0 Å². The summed E-state index contributed by atoms with van der Waals surface area (Å²) in [7, 11) is 1.61. The molecule has 2 aromatic rings. The van der Waals surface area contributed by atoms with Crippen LogP contribution in [0.3, 0.4) is 0 Å². The molecule has 0 aromatic carbocycles. The molecule has 0 atom stereocenters. The Balaban J connectivity index is 2.37. The van der Waals surface area contributed by atoms with E-state index in [0.29, 0.717) is 11.0 Å². The van der Waals surface area contributed by atoms with Gasteiger partial charge in [-0.3, -0.25) is 4.68 Å². The summed E-state index contributed by atoms with van der Waals surface area (Å²) in [6.45, 7) is -0.419. The Hall–Kier alpha value is -2.32. The van der Waals surface area contributed by atoms with Crippen molar-refractivity contribution in [3.05, 3.63) is 18.0 Å². The molecule has 20 heavy (non-hydrogen) atoms. The Labute approximate surface area is 111 Å². The number of aromatic carboxylic acids is 1. The van der Waals surface area contributed by atoms with Crippen molar-refractivity contribution in [2.75, 3.05) is 11.9 Å². The number of halogens is 3. The van der Waals surface area contributed by atoms with Gasteiger partial charge in [0.15, 0.2) is 5.65 Å².